The third-order valence-corrected chi connectivity index (χ3v) is 4.82. The molecule has 0 rings (SSSR count). The highest BCUT2D eigenvalue weighted by Gasteiger charge is 2.12. The first-order chi connectivity index (χ1) is 14.7. The lowest BCUT2D eigenvalue weighted by Crippen LogP contribution is -2.15. The van der Waals surface area contributed by atoms with Gasteiger partial charge in [-0.25, -0.2) is 0 Å². The fraction of sp³-hybridized carbons (Fsp3) is 1.00. The van der Waals surface area contributed by atoms with Gasteiger partial charge in [-0.1, -0.05) is 0 Å². The van der Waals surface area contributed by atoms with Gasteiger partial charge >= 0.3 is 15.2 Å². The Bertz CT molecular complexity index is 440. The lowest BCUT2D eigenvalue weighted by Gasteiger charge is -2.09. The van der Waals surface area contributed by atoms with Gasteiger partial charge in [0.15, 0.2) is 0 Å². The van der Waals surface area contributed by atoms with E-state index in [2.05, 4.69) is 0 Å². The molecule has 0 bridgehead atoms. The number of rotatable bonds is 24. The first-order valence-corrected chi connectivity index (χ1v) is 13.4. The predicted octanol–water partition coefficient (Wildman–Crippen LogP) is -0.542. The molecule has 4 N–H and O–H groups in total. The topological polar surface area (TPSA) is 180 Å². The number of hydrogen-bond acceptors (Lipinski definition) is 9. The summed E-state index contributed by atoms with van der Waals surface area (Å²) in [5.41, 5.74) is 0. The zero-order chi connectivity index (χ0) is 23.3. The molecule has 0 aliphatic heterocycles. The Hall–Kier alpha value is 0.0200. The molecule has 0 aliphatic carbocycles. The summed E-state index contributed by atoms with van der Waals surface area (Å²) in [7, 11) is -8.00. The van der Waals surface area contributed by atoms with Crippen LogP contribution in [-0.2, 0) is 42.3 Å². The van der Waals surface area contributed by atoms with E-state index in [9.17, 15) is 9.13 Å². The lowest BCUT2D eigenvalue weighted by atomic mass is 10.6. The molecule has 0 aromatic heterocycles. The summed E-state index contributed by atoms with van der Waals surface area (Å²) in [5, 5.41) is 0. The normalized spacial score (nSPS) is 12.5. The highest BCUT2D eigenvalue weighted by molar-refractivity contribution is 7.52. The van der Waals surface area contributed by atoms with Gasteiger partial charge < -0.3 is 52.7 Å². The number of hydrogen-bond donors (Lipinski definition) is 4. The Morgan fingerprint density at radius 3 is 0.677 bits per heavy atom. The molecule has 188 valence electrons. The average molecular weight is 498 g/mol. The fourth-order valence-electron chi connectivity index (χ4n) is 1.79. The van der Waals surface area contributed by atoms with E-state index in [0.717, 1.165) is 0 Å². The van der Waals surface area contributed by atoms with Crippen LogP contribution in [0.2, 0.25) is 0 Å². The SMILES string of the molecule is O=P(O)(O)CCOCCOCCOCCOCCOCCOCCOCCP(=O)(O)O. The molecular weight excluding hydrogens is 462 g/mol. The van der Waals surface area contributed by atoms with Crippen LogP contribution in [0.1, 0.15) is 0 Å². The molecule has 0 spiro atoms. The predicted molar refractivity (Wildman–Crippen MR) is 110 cm³/mol. The summed E-state index contributed by atoms with van der Waals surface area (Å²) in [6.45, 7) is 4.47. The zero-order valence-electron chi connectivity index (χ0n) is 17.7. The number of ether oxygens (including phenoxy) is 7. The molecule has 31 heavy (non-hydrogen) atoms. The van der Waals surface area contributed by atoms with Crippen molar-refractivity contribution < 1.29 is 61.9 Å². The van der Waals surface area contributed by atoms with Crippen molar-refractivity contribution in [2.45, 2.75) is 0 Å². The minimum absolute atomic E-state index is 0.00285. The van der Waals surface area contributed by atoms with Gasteiger partial charge in [-0.05, 0) is 0 Å². The largest absolute Gasteiger partial charge is 0.378 e. The van der Waals surface area contributed by atoms with E-state index in [1.165, 1.54) is 0 Å². The van der Waals surface area contributed by atoms with Gasteiger partial charge in [-0.2, -0.15) is 0 Å². The van der Waals surface area contributed by atoms with E-state index in [0.29, 0.717) is 66.1 Å². The third kappa shape index (κ3) is 30.0. The Morgan fingerprint density at radius 1 is 0.355 bits per heavy atom. The van der Waals surface area contributed by atoms with Crippen molar-refractivity contribution in [1.82, 2.24) is 0 Å². The average Bonchev–Trinajstić information content (AvgIpc) is 2.67. The van der Waals surface area contributed by atoms with Crippen LogP contribution in [0.25, 0.3) is 0 Å². The van der Waals surface area contributed by atoms with Crippen LogP contribution in [0.5, 0.6) is 0 Å². The molecule has 0 atom stereocenters. The van der Waals surface area contributed by atoms with Gasteiger partial charge in [0.2, 0.25) is 0 Å². The van der Waals surface area contributed by atoms with Gasteiger partial charge in [-0.3, -0.25) is 9.13 Å². The first kappa shape index (κ1) is 31.0. The summed E-state index contributed by atoms with van der Waals surface area (Å²) in [6, 6.07) is 0. The molecule has 15 heteroatoms. The van der Waals surface area contributed by atoms with Gasteiger partial charge in [0.05, 0.1) is 105 Å². The molecule has 0 heterocycles. The smallest absolute Gasteiger partial charge is 0.327 e. The van der Waals surface area contributed by atoms with E-state index in [4.69, 9.17) is 52.7 Å². The van der Waals surface area contributed by atoms with Crippen LogP contribution in [0.15, 0.2) is 0 Å². The molecule has 0 fully saturated rings. The van der Waals surface area contributed by atoms with E-state index in [1.54, 1.807) is 0 Å². The maximum absolute atomic E-state index is 10.6. The van der Waals surface area contributed by atoms with E-state index in [1.807, 2.05) is 0 Å². The molecule has 0 saturated carbocycles. The maximum Gasteiger partial charge on any atom is 0.327 e. The maximum atomic E-state index is 10.6. The Morgan fingerprint density at radius 2 is 0.516 bits per heavy atom. The standard InChI is InChI=1S/C16H36O13P2/c17-30(18,19)15-13-28-11-9-26-7-5-24-3-1-23-2-4-25-6-8-27-10-12-29-14-16-31(20,21)22/h1-16H2,(H2,17,18,19)(H2,20,21,22). The summed E-state index contributed by atoms with van der Waals surface area (Å²) in [6.07, 6.45) is -0.591. The van der Waals surface area contributed by atoms with Crippen LogP contribution in [0.3, 0.4) is 0 Å². The summed E-state index contributed by atoms with van der Waals surface area (Å²) >= 11 is 0. The highest BCUT2D eigenvalue weighted by Crippen LogP contribution is 2.33. The first-order valence-electron chi connectivity index (χ1n) is 9.84. The summed E-state index contributed by atoms with van der Waals surface area (Å²) in [4.78, 5) is 34.6. The minimum Gasteiger partial charge on any atom is -0.378 e. The van der Waals surface area contributed by atoms with Crippen molar-refractivity contribution in [3.8, 4) is 0 Å². The van der Waals surface area contributed by atoms with E-state index >= 15 is 0 Å². The highest BCUT2D eigenvalue weighted by atomic mass is 31.2. The van der Waals surface area contributed by atoms with Crippen molar-refractivity contribution >= 4 is 15.2 Å². The van der Waals surface area contributed by atoms with Crippen molar-refractivity contribution in [3.63, 3.8) is 0 Å². The van der Waals surface area contributed by atoms with Crippen LogP contribution in [-0.4, -0.2) is 124 Å². The Kier molecular flexibility index (Phi) is 20.6. The van der Waals surface area contributed by atoms with Crippen LogP contribution in [0, 0.1) is 0 Å². The Balaban J connectivity index is 3.08. The van der Waals surface area contributed by atoms with Crippen molar-refractivity contribution in [1.29, 1.82) is 0 Å². The minimum atomic E-state index is -4.00. The van der Waals surface area contributed by atoms with Crippen LogP contribution >= 0.6 is 15.2 Å². The molecule has 0 aliphatic rings. The van der Waals surface area contributed by atoms with Crippen molar-refractivity contribution in [2.75, 3.05) is 105 Å². The molecule has 0 aromatic rings. The van der Waals surface area contributed by atoms with Crippen LogP contribution in [0.4, 0.5) is 0 Å². The quantitative estimate of drug-likeness (QED) is 0.0985. The van der Waals surface area contributed by atoms with E-state index < -0.39 is 15.2 Å². The Labute approximate surface area is 182 Å². The molecular formula is C16H36O13P2. The lowest BCUT2D eigenvalue weighted by molar-refractivity contribution is -0.0197. The van der Waals surface area contributed by atoms with Gasteiger partial charge in [0, 0.05) is 0 Å². The molecule has 0 saturated heterocycles. The van der Waals surface area contributed by atoms with E-state index in [-0.39, 0.29) is 38.8 Å². The third-order valence-electron chi connectivity index (χ3n) is 3.29. The zero-order valence-corrected chi connectivity index (χ0v) is 19.5. The second kappa shape index (κ2) is 20.6. The summed E-state index contributed by atoms with van der Waals surface area (Å²) < 4.78 is 57.7. The van der Waals surface area contributed by atoms with Crippen molar-refractivity contribution in [3.05, 3.63) is 0 Å². The molecule has 0 aromatic carbocycles. The molecule has 0 unspecified atom stereocenters. The monoisotopic (exact) mass is 498 g/mol. The van der Waals surface area contributed by atoms with Crippen LogP contribution < -0.4 is 0 Å². The van der Waals surface area contributed by atoms with Crippen molar-refractivity contribution in [2.24, 2.45) is 0 Å². The molecule has 0 amide bonds. The van der Waals surface area contributed by atoms with Gasteiger partial charge in [0.1, 0.15) is 0 Å². The fourth-order valence-corrected chi connectivity index (χ4v) is 2.52. The molecule has 0 radical (unpaired) electrons. The summed E-state index contributed by atoms with van der Waals surface area (Å²) in [5.74, 6) is 0. The second-order valence-electron chi connectivity index (χ2n) is 6.06. The van der Waals surface area contributed by atoms with Gasteiger partial charge in [-0.15, -0.1) is 0 Å². The second-order valence-corrected chi connectivity index (χ2v) is 9.62. The van der Waals surface area contributed by atoms with Gasteiger partial charge in [0.25, 0.3) is 0 Å². The molecule has 13 nitrogen and oxygen atoms in total.